The lowest BCUT2D eigenvalue weighted by molar-refractivity contribution is -0.148. The molecule has 1 fully saturated rings. The molecule has 0 aromatic rings. The van der Waals surface area contributed by atoms with E-state index in [0.717, 1.165) is 19.3 Å². The van der Waals surface area contributed by atoms with Crippen LogP contribution in [0.3, 0.4) is 0 Å². The van der Waals surface area contributed by atoms with E-state index < -0.39 is 0 Å². The molecule has 0 N–H and O–H groups in total. The summed E-state index contributed by atoms with van der Waals surface area (Å²) < 4.78 is 5.21. The average Bonchev–Trinajstić information content (AvgIpc) is 2.33. The average molecular weight is 142 g/mol. The molecule has 2 heteroatoms. The normalized spacial score (nSPS) is 22.8. The quantitative estimate of drug-likeness (QED) is 0.550. The van der Waals surface area contributed by atoms with Gasteiger partial charge in [0.2, 0.25) is 0 Å². The van der Waals surface area contributed by atoms with Crippen molar-refractivity contribution < 1.29 is 9.53 Å². The third-order valence-corrected chi connectivity index (χ3v) is 2.40. The molecule has 10 heavy (non-hydrogen) atoms. The first-order chi connectivity index (χ1) is 4.72. The summed E-state index contributed by atoms with van der Waals surface area (Å²) in [4.78, 5) is 10.8. The minimum Gasteiger partial charge on any atom is -0.459 e. The summed E-state index contributed by atoms with van der Waals surface area (Å²) in [6.45, 7) is 4.14. The van der Waals surface area contributed by atoms with Crippen molar-refractivity contribution in [2.24, 2.45) is 0 Å². The molecule has 1 saturated heterocycles. The van der Waals surface area contributed by atoms with E-state index in [0.29, 0.717) is 6.42 Å². The van der Waals surface area contributed by atoms with Crippen LogP contribution in [0.15, 0.2) is 0 Å². The first-order valence-corrected chi connectivity index (χ1v) is 3.94. The van der Waals surface area contributed by atoms with E-state index in [9.17, 15) is 4.79 Å². The lowest BCUT2D eigenvalue weighted by Crippen LogP contribution is -2.25. The van der Waals surface area contributed by atoms with Crippen LogP contribution in [0.4, 0.5) is 0 Å². The van der Waals surface area contributed by atoms with Gasteiger partial charge in [0.15, 0.2) is 0 Å². The maximum absolute atomic E-state index is 10.8. The maximum atomic E-state index is 10.8. The van der Waals surface area contributed by atoms with E-state index in [4.69, 9.17) is 4.74 Å². The maximum Gasteiger partial charge on any atom is 0.306 e. The van der Waals surface area contributed by atoms with Gasteiger partial charge in [0, 0.05) is 6.42 Å². The van der Waals surface area contributed by atoms with E-state index in [1.54, 1.807) is 0 Å². The van der Waals surface area contributed by atoms with Gasteiger partial charge in [-0.05, 0) is 19.3 Å². The molecule has 0 bridgehead atoms. The van der Waals surface area contributed by atoms with E-state index in [1.807, 2.05) is 0 Å². The van der Waals surface area contributed by atoms with Crippen LogP contribution in [0.5, 0.6) is 0 Å². The molecule has 0 amide bonds. The summed E-state index contributed by atoms with van der Waals surface area (Å²) in [6, 6.07) is 0. The number of esters is 1. The van der Waals surface area contributed by atoms with Gasteiger partial charge in [-0.3, -0.25) is 4.79 Å². The van der Waals surface area contributed by atoms with Gasteiger partial charge in [0.25, 0.3) is 0 Å². The number of ether oxygens (including phenoxy) is 1. The van der Waals surface area contributed by atoms with Crippen LogP contribution in [-0.4, -0.2) is 11.6 Å². The highest BCUT2D eigenvalue weighted by Gasteiger charge is 2.36. The SMILES string of the molecule is CCC1(CC)CCC(=O)O1. The van der Waals surface area contributed by atoms with Crippen LogP contribution in [0, 0.1) is 0 Å². The summed E-state index contributed by atoms with van der Waals surface area (Å²) in [5.41, 5.74) is -0.100. The Kier molecular flexibility index (Phi) is 1.97. The summed E-state index contributed by atoms with van der Waals surface area (Å²) in [6.07, 6.45) is 3.44. The second-order valence-electron chi connectivity index (χ2n) is 2.86. The van der Waals surface area contributed by atoms with Crippen molar-refractivity contribution in [3.05, 3.63) is 0 Å². The minimum atomic E-state index is -0.100. The van der Waals surface area contributed by atoms with E-state index in [2.05, 4.69) is 13.8 Å². The molecule has 0 atom stereocenters. The zero-order valence-electron chi connectivity index (χ0n) is 6.64. The Hall–Kier alpha value is -0.530. The third-order valence-electron chi connectivity index (χ3n) is 2.40. The van der Waals surface area contributed by atoms with Gasteiger partial charge in [0.05, 0.1) is 0 Å². The largest absolute Gasteiger partial charge is 0.459 e. The standard InChI is InChI=1S/C8H14O2/c1-3-8(4-2)6-5-7(9)10-8/h3-6H2,1-2H3. The summed E-state index contributed by atoms with van der Waals surface area (Å²) in [5.74, 6) is -0.0244. The monoisotopic (exact) mass is 142 g/mol. The molecule has 2 nitrogen and oxygen atoms in total. The van der Waals surface area contributed by atoms with Crippen molar-refractivity contribution in [2.75, 3.05) is 0 Å². The molecule has 58 valence electrons. The number of carbonyl (C=O) groups excluding carboxylic acids is 1. The van der Waals surface area contributed by atoms with Gasteiger partial charge >= 0.3 is 5.97 Å². The van der Waals surface area contributed by atoms with Crippen LogP contribution >= 0.6 is 0 Å². The van der Waals surface area contributed by atoms with Crippen LogP contribution in [0.1, 0.15) is 39.5 Å². The van der Waals surface area contributed by atoms with Crippen molar-refractivity contribution >= 4 is 5.97 Å². The number of hydrogen-bond donors (Lipinski definition) is 0. The number of cyclic esters (lactones) is 1. The van der Waals surface area contributed by atoms with Crippen LogP contribution in [0.25, 0.3) is 0 Å². The van der Waals surface area contributed by atoms with E-state index in [-0.39, 0.29) is 11.6 Å². The molecule has 0 aromatic carbocycles. The highest BCUT2D eigenvalue weighted by atomic mass is 16.6. The Morgan fingerprint density at radius 1 is 1.50 bits per heavy atom. The molecule has 0 unspecified atom stereocenters. The Balaban J connectivity index is 2.59. The summed E-state index contributed by atoms with van der Waals surface area (Å²) in [7, 11) is 0. The predicted octanol–water partition coefficient (Wildman–Crippen LogP) is 1.88. The molecule has 1 rings (SSSR count). The van der Waals surface area contributed by atoms with Gasteiger partial charge in [-0.2, -0.15) is 0 Å². The zero-order valence-corrected chi connectivity index (χ0v) is 6.64. The van der Waals surface area contributed by atoms with Gasteiger partial charge in [0.1, 0.15) is 5.60 Å². The van der Waals surface area contributed by atoms with Crippen LogP contribution in [0.2, 0.25) is 0 Å². The molecular formula is C8H14O2. The van der Waals surface area contributed by atoms with Crippen molar-refractivity contribution in [2.45, 2.75) is 45.1 Å². The minimum absolute atomic E-state index is 0.0244. The lowest BCUT2D eigenvalue weighted by Gasteiger charge is -2.23. The molecule has 0 saturated carbocycles. The smallest absolute Gasteiger partial charge is 0.306 e. The molecule has 0 aromatic heterocycles. The van der Waals surface area contributed by atoms with Crippen LogP contribution in [-0.2, 0) is 9.53 Å². The van der Waals surface area contributed by atoms with Crippen molar-refractivity contribution in [1.82, 2.24) is 0 Å². The van der Waals surface area contributed by atoms with Crippen molar-refractivity contribution in [3.8, 4) is 0 Å². The Morgan fingerprint density at radius 3 is 2.30 bits per heavy atom. The molecule has 0 radical (unpaired) electrons. The van der Waals surface area contributed by atoms with Crippen molar-refractivity contribution in [1.29, 1.82) is 0 Å². The van der Waals surface area contributed by atoms with Crippen LogP contribution < -0.4 is 0 Å². The fourth-order valence-corrected chi connectivity index (χ4v) is 1.42. The highest BCUT2D eigenvalue weighted by molar-refractivity contribution is 5.72. The highest BCUT2D eigenvalue weighted by Crippen LogP contribution is 2.32. The topological polar surface area (TPSA) is 26.3 Å². The Bertz CT molecular complexity index is 136. The Labute approximate surface area is 61.6 Å². The van der Waals surface area contributed by atoms with Gasteiger partial charge < -0.3 is 4.74 Å². The first-order valence-electron chi connectivity index (χ1n) is 3.94. The van der Waals surface area contributed by atoms with E-state index >= 15 is 0 Å². The summed E-state index contributed by atoms with van der Waals surface area (Å²) >= 11 is 0. The van der Waals surface area contributed by atoms with Gasteiger partial charge in [-0.15, -0.1) is 0 Å². The summed E-state index contributed by atoms with van der Waals surface area (Å²) in [5, 5.41) is 0. The fourth-order valence-electron chi connectivity index (χ4n) is 1.42. The Morgan fingerprint density at radius 2 is 2.10 bits per heavy atom. The fraction of sp³-hybridized carbons (Fsp3) is 0.875. The number of carbonyl (C=O) groups is 1. The van der Waals surface area contributed by atoms with Gasteiger partial charge in [-0.1, -0.05) is 13.8 Å². The lowest BCUT2D eigenvalue weighted by atomic mass is 9.94. The van der Waals surface area contributed by atoms with Gasteiger partial charge in [-0.25, -0.2) is 0 Å². The number of hydrogen-bond acceptors (Lipinski definition) is 2. The molecular weight excluding hydrogens is 128 g/mol. The molecule has 1 aliphatic rings. The molecule has 1 aliphatic heterocycles. The van der Waals surface area contributed by atoms with Crippen molar-refractivity contribution in [3.63, 3.8) is 0 Å². The first kappa shape index (κ1) is 7.58. The second kappa shape index (κ2) is 2.60. The molecule has 1 heterocycles. The molecule has 0 aliphatic carbocycles. The molecule has 0 spiro atoms. The zero-order chi connectivity index (χ0) is 7.61. The number of rotatable bonds is 2. The third kappa shape index (κ3) is 1.15. The second-order valence-corrected chi connectivity index (χ2v) is 2.86. The van der Waals surface area contributed by atoms with E-state index in [1.165, 1.54) is 0 Å². The predicted molar refractivity (Wildman–Crippen MR) is 38.6 cm³/mol.